The van der Waals surface area contributed by atoms with Gasteiger partial charge in [-0.25, -0.2) is 0 Å². The van der Waals surface area contributed by atoms with E-state index in [1.807, 2.05) is 0 Å². The lowest BCUT2D eigenvalue weighted by Gasteiger charge is -1.82. The van der Waals surface area contributed by atoms with Crippen molar-refractivity contribution in [2.24, 2.45) is 0 Å². The Morgan fingerprint density at radius 2 is 2.11 bits per heavy atom. The number of halogens is 1. The average molecular weight is 149 g/mol. The first-order valence-electron chi connectivity index (χ1n) is 2.11. The average Bonchev–Trinajstić information content (AvgIpc) is 1.82. The molecule has 0 N–H and O–H groups in total. The van der Waals surface area contributed by atoms with Gasteiger partial charge in [-0.05, 0) is 11.6 Å². The molecule has 4 heteroatoms. The number of hydrogen-bond acceptors (Lipinski definition) is 3. The summed E-state index contributed by atoms with van der Waals surface area (Å²) in [6.45, 7) is 0. The number of carbonyl (C=O) groups is 2. The molecule has 0 saturated heterocycles. The Balaban J connectivity index is 3.77. The molecule has 50 valence electrons. The smallest absolute Gasteiger partial charge is 0.292 e. The van der Waals surface area contributed by atoms with Crippen LogP contribution in [0.3, 0.4) is 0 Å². The van der Waals surface area contributed by atoms with E-state index in [0.29, 0.717) is 0 Å². The molecule has 0 aliphatic heterocycles. The fourth-order valence-electron chi connectivity index (χ4n) is 0.195. The molecule has 0 fully saturated rings. The quantitative estimate of drug-likeness (QED) is 0.253. The van der Waals surface area contributed by atoms with Gasteiger partial charge in [0.05, 0.1) is 13.4 Å². The highest BCUT2D eigenvalue weighted by Crippen LogP contribution is 1.84. The van der Waals surface area contributed by atoms with Crippen LogP contribution in [0.4, 0.5) is 0 Å². The number of methoxy groups -OCH3 is 1. The van der Waals surface area contributed by atoms with Gasteiger partial charge in [0.2, 0.25) is 5.78 Å². The highest BCUT2D eigenvalue weighted by Gasteiger charge is 2.03. The van der Waals surface area contributed by atoms with Gasteiger partial charge >= 0.3 is 0 Å². The summed E-state index contributed by atoms with van der Waals surface area (Å²) in [4.78, 5) is 20.2. The zero-order valence-electron chi connectivity index (χ0n) is 4.76. The summed E-state index contributed by atoms with van der Waals surface area (Å²) in [5.74, 6) is -0.779. The predicted octanol–water partition coefficient (Wildman–Crippen LogP) is 0.481. The van der Waals surface area contributed by atoms with Crippen LogP contribution in [-0.4, -0.2) is 18.1 Å². The van der Waals surface area contributed by atoms with Crippen LogP contribution in [0, 0.1) is 0 Å². The highest BCUT2D eigenvalue weighted by atomic mass is 35.5. The molecule has 0 aromatic heterocycles. The van der Waals surface area contributed by atoms with Crippen molar-refractivity contribution in [1.82, 2.24) is 0 Å². The molecule has 0 unspecified atom stereocenters. The van der Waals surface area contributed by atoms with Gasteiger partial charge in [0.1, 0.15) is 0 Å². The van der Waals surface area contributed by atoms with Gasteiger partial charge < -0.3 is 4.74 Å². The molecule has 0 aromatic carbocycles. The molecule has 0 aliphatic carbocycles. The van der Waals surface area contributed by atoms with Gasteiger partial charge in [0.15, 0.2) is 0 Å². The zero-order valence-corrected chi connectivity index (χ0v) is 5.51. The molecule has 0 rings (SSSR count). The maximum atomic E-state index is 10.3. The maximum Gasteiger partial charge on any atom is 0.292 e. The minimum absolute atomic E-state index is 0.779. The Hall–Kier alpha value is -0.830. The van der Waals surface area contributed by atoms with E-state index >= 15 is 0 Å². The standard InChI is InChI=1S/C5H5ClO3/c1-9-3-2-4(7)5(6)8/h2-3H,1H3/b3-2+. The molecule has 0 amide bonds. The van der Waals surface area contributed by atoms with Crippen LogP contribution in [0.5, 0.6) is 0 Å². The van der Waals surface area contributed by atoms with E-state index in [9.17, 15) is 9.59 Å². The van der Waals surface area contributed by atoms with E-state index in [1.54, 1.807) is 0 Å². The van der Waals surface area contributed by atoms with Gasteiger partial charge in [-0.15, -0.1) is 0 Å². The predicted molar refractivity (Wildman–Crippen MR) is 32.0 cm³/mol. The Morgan fingerprint density at radius 1 is 1.56 bits per heavy atom. The van der Waals surface area contributed by atoms with Gasteiger partial charge in [0.25, 0.3) is 5.24 Å². The van der Waals surface area contributed by atoms with Crippen molar-refractivity contribution in [2.75, 3.05) is 7.11 Å². The molecule has 0 saturated carbocycles. The number of carbonyl (C=O) groups excluding carboxylic acids is 2. The van der Waals surface area contributed by atoms with Crippen LogP contribution in [0.2, 0.25) is 0 Å². The number of allylic oxidation sites excluding steroid dienone is 1. The summed E-state index contributed by atoms with van der Waals surface area (Å²) in [7, 11) is 1.36. The van der Waals surface area contributed by atoms with Gasteiger partial charge in [0, 0.05) is 6.08 Å². The molecule has 9 heavy (non-hydrogen) atoms. The van der Waals surface area contributed by atoms with Crippen molar-refractivity contribution in [3.63, 3.8) is 0 Å². The summed E-state index contributed by atoms with van der Waals surface area (Å²) in [5, 5.41) is -1.01. The lowest BCUT2D eigenvalue weighted by atomic mass is 10.4. The Morgan fingerprint density at radius 3 is 2.44 bits per heavy atom. The Bertz CT molecular complexity index is 150. The van der Waals surface area contributed by atoms with E-state index in [0.717, 1.165) is 12.3 Å². The Kier molecular flexibility index (Phi) is 3.71. The van der Waals surface area contributed by atoms with E-state index in [1.165, 1.54) is 7.11 Å². The lowest BCUT2D eigenvalue weighted by Crippen LogP contribution is -2.01. The van der Waals surface area contributed by atoms with Gasteiger partial charge in [-0.2, -0.15) is 0 Å². The van der Waals surface area contributed by atoms with Gasteiger partial charge in [-0.3, -0.25) is 9.59 Å². The lowest BCUT2D eigenvalue weighted by molar-refractivity contribution is -0.129. The van der Waals surface area contributed by atoms with Crippen LogP contribution in [0.25, 0.3) is 0 Å². The monoisotopic (exact) mass is 148 g/mol. The largest absolute Gasteiger partial charge is 0.504 e. The Labute approximate surface area is 57.2 Å². The molecule has 3 nitrogen and oxygen atoms in total. The first-order chi connectivity index (χ1) is 4.18. The third kappa shape index (κ3) is 3.73. The molecule has 0 radical (unpaired) electrons. The summed E-state index contributed by atoms with van der Waals surface area (Å²) >= 11 is 4.77. The second-order valence-electron chi connectivity index (χ2n) is 1.18. The van der Waals surface area contributed by atoms with Crippen molar-refractivity contribution in [1.29, 1.82) is 0 Å². The fourth-order valence-corrected chi connectivity index (χ4v) is 0.258. The molecular weight excluding hydrogens is 144 g/mol. The van der Waals surface area contributed by atoms with Crippen LogP contribution < -0.4 is 0 Å². The molecule has 0 aliphatic rings. The van der Waals surface area contributed by atoms with Crippen LogP contribution in [-0.2, 0) is 14.3 Å². The molecule has 0 heterocycles. The topological polar surface area (TPSA) is 43.4 Å². The first-order valence-corrected chi connectivity index (χ1v) is 2.49. The van der Waals surface area contributed by atoms with Crippen molar-refractivity contribution in [3.05, 3.63) is 12.3 Å². The van der Waals surface area contributed by atoms with Crippen molar-refractivity contribution < 1.29 is 14.3 Å². The molecule has 0 bridgehead atoms. The van der Waals surface area contributed by atoms with E-state index < -0.39 is 11.0 Å². The molecule has 0 aromatic rings. The summed E-state index contributed by atoms with van der Waals surface area (Å²) in [5.41, 5.74) is 0. The number of rotatable bonds is 3. The van der Waals surface area contributed by atoms with E-state index in [2.05, 4.69) is 4.74 Å². The second kappa shape index (κ2) is 4.09. The van der Waals surface area contributed by atoms with Crippen molar-refractivity contribution >= 4 is 22.6 Å². The van der Waals surface area contributed by atoms with Crippen LogP contribution >= 0.6 is 11.6 Å². The highest BCUT2D eigenvalue weighted by molar-refractivity contribution is 6.82. The normalized spacial score (nSPS) is 9.56. The third-order valence-electron chi connectivity index (χ3n) is 0.549. The number of hydrogen-bond donors (Lipinski definition) is 0. The molecular formula is C5H5ClO3. The summed E-state index contributed by atoms with van der Waals surface area (Å²) in [6.07, 6.45) is 2.04. The van der Waals surface area contributed by atoms with Crippen molar-refractivity contribution in [2.45, 2.75) is 0 Å². The van der Waals surface area contributed by atoms with Gasteiger partial charge in [-0.1, -0.05) is 0 Å². The van der Waals surface area contributed by atoms with E-state index in [-0.39, 0.29) is 0 Å². The fraction of sp³-hybridized carbons (Fsp3) is 0.200. The maximum absolute atomic E-state index is 10.3. The molecule has 0 spiro atoms. The number of ketones is 1. The minimum Gasteiger partial charge on any atom is -0.504 e. The summed E-state index contributed by atoms with van der Waals surface area (Å²) in [6, 6.07) is 0. The first kappa shape index (κ1) is 8.17. The zero-order chi connectivity index (χ0) is 7.28. The number of ether oxygens (including phenoxy) is 1. The SMILES string of the molecule is CO/C=C/C(=O)C(=O)Cl. The second-order valence-corrected chi connectivity index (χ2v) is 1.52. The van der Waals surface area contributed by atoms with Crippen LogP contribution in [0.15, 0.2) is 12.3 Å². The van der Waals surface area contributed by atoms with E-state index in [4.69, 9.17) is 11.6 Å². The summed E-state index contributed by atoms with van der Waals surface area (Å²) < 4.78 is 4.35. The third-order valence-corrected chi connectivity index (χ3v) is 0.735. The van der Waals surface area contributed by atoms with Crippen molar-refractivity contribution in [3.8, 4) is 0 Å². The minimum atomic E-state index is -1.01. The van der Waals surface area contributed by atoms with Crippen LogP contribution in [0.1, 0.15) is 0 Å². The molecule has 0 atom stereocenters.